The largest absolute Gasteiger partial charge is 0.394 e. The smallest absolute Gasteiger partial charge is 0.220 e. The minimum absolute atomic E-state index is 0.230. The maximum Gasteiger partial charge on any atom is 0.220 e. The number of amides is 1. The molecule has 0 radical (unpaired) electrons. The lowest BCUT2D eigenvalue weighted by atomic mass is 9.96. The molecule has 3 aliphatic rings. The third-order valence-corrected chi connectivity index (χ3v) is 14.0. The second kappa shape index (κ2) is 36.5. The molecule has 70 heavy (non-hydrogen) atoms. The molecule has 0 aromatic carbocycles. The van der Waals surface area contributed by atoms with Gasteiger partial charge in [-0.2, -0.15) is 0 Å². The lowest BCUT2D eigenvalue weighted by Gasteiger charge is -2.49. The van der Waals surface area contributed by atoms with Gasteiger partial charge in [-0.3, -0.25) is 4.79 Å². The second-order valence-corrected chi connectivity index (χ2v) is 20.0. The minimum atomic E-state index is -1.90. The van der Waals surface area contributed by atoms with E-state index < -0.39 is 117 Å². The second-order valence-electron chi connectivity index (χ2n) is 20.0. The molecule has 11 N–H and O–H groups in total. The van der Waals surface area contributed by atoms with Crippen molar-refractivity contribution in [1.82, 2.24) is 5.32 Å². The number of aliphatic hydroxyl groups is 10. The Morgan fingerprint density at radius 1 is 0.529 bits per heavy atom. The van der Waals surface area contributed by atoms with Gasteiger partial charge in [-0.15, -0.1) is 0 Å². The molecule has 0 aromatic heterocycles. The first-order valence-corrected chi connectivity index (χ1v) is 27.3. The quantitative estimate of drug-likeness (QED) is 0.0307. The van der Waals surface area contributed by atoms with Gasteiger partial charge in [0.2, 0.25) is 5.91 Å². The molecule has 0 unspecified atom stereocenters. The van der Waals surface area contributed by atoms with Crippen LogP contribution >= 0.6 is 0 Å². The van der Waals surface area contributed by atoms with Crippen molar-refractivity contribution in [2.45, 2.75) is 292 Å². The molecule has 17 atom stereocenters. The molecular weight excluding hydrogens is 911 g/mol. The van der Waals surface area contributed by atoms with Crippen LogP contribution < -0.4 is 5.32 Å². The van der Waals surface area contributed by atoms with Crippen LogP contribution in [0.15, 0.2) is 12.2 Å². The number of allylic oxidation sites excluding steroid dienone is 1. The summed E-state index contributed by atoms with van der Waals surface area (Å²) < 4.78 is 35.3. The highest BCUT2D eigenvalue weighted by atomic mass is 16.8. The van der Waals surface area contributed by atoms with Gasteiger partial charge in [-0.05, 0) is 26.2 Å². The van der Waals surface area contributed by atoms with Crippen LogP contribution in [0.4, 0.5) is 0 Å². The lowest BCUT2D eigenvalue weighted by Crippen LogP contribution is -2.67. The Morgan fingerprint density at radius 2 is 0.971 bits per heavy atom. The standard InChI is InChI=1S/C52H97NO17/c1-4-6-8-10-12-14-16-18-20-22-24-26-28-30-37(56)36(53-40(57)31-29-27-25-23-21-19-17-15-13-11-9-7-5-2)34-65-50-47(64)49(70-51-45(62)43(60)41(58)35(3)66-51)48(39(33-55)68-50)69-52-46(63)44(61)42(59)38(32-54)67-52/h28,30,35-39,41-52,54-56,58-64H,4-27,29,31-34H2,1-3H3,(H,53,57)/b30-28+/t35-,36-,37+,38+,39+,41+,42+,43+,44-,45-,46-,47+,48+,49+,50+,51-,52-/m0/s1. The van der Waals surface area contributed by atoms with Crippen LogP contribution in [-0.4, -0.2) is 181 Å². The maximum atomic E-state index is 13.4. The van der Waals surface area contributed by atoms with Crippen LogP contribution in [0.2, 0.25) is 0 Å². The van der Waals surface area contributed by atoms with Crippen LogP contribution in [0.25, 0.3) is 0 Å². The van der Waals surface area contributed by atoms with Gasteiger partial charge >= 0.3 is 0 Å². The van der Waals surface area contributed by atoms with Gasteiger partial charge in [-0.1, -0.05) is 167 Å². The number of aliphatic hydroxyl groups excluding tert-OH is 10. The summed E-state index contributed by atoms with van der Waals surface area (Å²) in [5.41, 5.74) is 0. The normalized spacial score (nSPS) is 32.6. The third-order valence-electron chi connectivity index (χ3n) is 14.0. The number of nitrogens with one attached hydrogen (secondary N) is 1. The van der Waals surface area contributed by atoms with E-state index in [1.54, 1.807) is 6.08 Å². The molecule has 3 saturated heterocycles. The van der Waals surface area contributed by atoms with E-state index in [-0.39, 0.29) is 18.9 Å². The average molecular weight is 1010 g/mol. The van der Waals surface area contributed by atoms with Crippen LogP contribution in [0.5, 0.6) is 0 Å². The first-order valence-electron chi connectivity index (χ1n) is 27.3. The molecule has 1 amide bonds. The van der Waals surface area contributed by atoms with Crippen molar-refractivity contribution in [3.8, 4) is 0 Å². The van der Waals surface area contributed by atoms with E-state index in [9.17, 15) is 55.9 Å². The average Bonchev–Trinajstić information content (AvgIpc) is 3.35. The van der Waals surface area contributed by atoms with E-state index in [1.807, 2.05) is 6.08 Å². The predicted octanol–water partition coefficient (Wildman–Crippen LogP) is 4.06. The zero-order valence-electron chi connectivity index (χ0n) is 42.8. The molecule has 0 bridgehead atoms. The van der Waals surface area contributed by atoms with E-state index in [0.717, 1.165) is 44.9 Å². The van der Waals surface area contributed by atoms with Crippen molar-refractivity contribution in [2.75, 3.05) is 19.8 Å². The van der Waals surface area contributed by atoms with Crippen molar-refractivity contribution in [3.63, 3.8) is 0 Å². The highest BCUT2D eigenvalue weighted by molar-refractivity contribution is 5.76. The number of carbonyl (C=O) groups is 1. The Hall–Kier alpha value is -1.43. The van der Waals surface area contributed by atoms with Crippen molar-refractivity contribution in [3.05, 3.63) is 12.2 Å². The van der Waals surface area contributed by atoms with Crippen molar-refractivity contribution < 1.29 is 84.3 Å². The number of unbranched alkanes of at least 4 members (excludes halogenated alkanes) is 23. The molecule has 0 aromatic rings. The summed E-state index contributed by atoms with van der Waals surface area (Å²) in [5, 5.41) is 110. The molecule has 0 saturated carbocycles. The lowest BCUT2D eigenvalue weighted by molar-refractivity contribution is -0.386. The maximum absolute atomic E-state index is 13.4. The monoisotopic (exact) mass is 1010 g/mol. The summed E-state index contributed by atoms with van der Waals surface area (Å²) in [6.07, 6.45) is 7.05. The van der Waals surface area contributed by atoms with Gasteiger partial charge in [0.05, 0.1) is 38.1 Å². The van der Waals surface area contributed by atoms with Crippen molar-refractivity contribution >= 4 is 5.91 Å². The Labute approximate surface area is 418 Å². The minimum Gasteiger partial charge on any atom is -0.394 e. The number of ether oxygens (including phenoxy) is 6. The van der Waals surface area contributed by atoms with Crippen LogP contribution in [0.3, 0.4) is 0 Å². The molecule has 3 heterocycles. The van der Waals surface area contributed by atoms with E-state index in [1.165, 1.54) is 116 Å². The number of carbonyl (C=O) groups excluding carboxylic acids is 1. The summed E-state index contributed by atoms with van der Waals surface area (Å²) in [7, 11) is 0. The van der Waals surface area contributed by atoms with Crippen LogP contribution in [0.1, 0.15) is 188 Å². The molecule has 3 rings (SSSR count). The molecule has 0 spiro atoms. The fourth-order valence-corrected chi connectivity index (χ4v) is 9.42. The highest BCUT2D eigenvalue weighted by Crippen LogP contribution is 2.34. The Bertz CT molecular complexity index is 1350. The van der Waals surface area contributed by atoms with Crippen molar-refractivity contribution in [2.24, 2.45) is 0 Å². The first-order chi connectivity index (χ1) is 33.8. The highest BCUT2D eigenvalue weighted by Gasteiger charge is 2.54. The Kier molecular flexibility index (Phi) is 32.8. The summed E-state index contributed by atoms with van der Waals surface area (Å²) >= 11 is 0. The number of hydrogen-bond donors (Lipinski definition) is 11. The van der Waals surface area contributed by atoms with Gasteiger partial charge in [0.25, 0.3) is 0 Å². The zero-order chi connectivity index (χ0) is 51.3. The van der Waals surface area contributed by atoms with Gasteiger partial charge in [0, 0.05) is 6.42 Å². The first kappa shape index (κ1) is 62.9. The molecule has 18 nitrogen and oxygen atoms in total. The van der Waals surface area contributed by atoms with E-state index in [4.69, 9.17) is 28.4 Å². The number of hydrogen-bond acceptors (Lipinski definition) is 17. The zero-order valence-corrected chi connectivity index (χ0v) is 42.8. The fraction of sp³-hybridized carbons (Fsp3) is 0.942. The summed E-state index contributed by atoms with van der Waals surface area (Å²) in [6.45, 7) is 3.90. The summed E-state index contributed by atoms with van der Waals surface area (Å²) in [5.74, 6) is -0.291. The predicted molar refractivity (Wildman–Crippen MR) is 262 cm³/mol. The Balaban J connectivity index is 1.68. The van der Waals surface area contributed by atoms with Gasteiger partial charge in [0.1, 0.15) is 67.1 Å². The SMILES string of the molecule is CCCCCCCCCCCCC/C=C/[C@@H](O)[C@H](CO[C@@H]1O[C@H](CO)[C@@H](O[C@@H]2O[C@H](CO)[C@@H](O)[C@H](O)[C@@H]2O)[C@H](O[C@@H]2O[C@@H](C)[C@@H](O)[C@@H](O)[C@@H]2O)[C@H]1O)NC(=O)CCCCCCCCCCCCCCC. The topological polar surface area (TPSA) is 287 Å². The van der Waals surface area contributed by atoms with Gasteiger partial charge in [-0.25, -0.2) is 0 Å². The summed E-state index contributed by atoms with van der Waals surface area (Å²) in [6, 6.07) is -1.00. The van der Waals surface area contributed by atoms with E-state index in [2.05, 4.69) is 19.2 Å². The molecular formula is C52H97NO17. The van der Waals surface area contributed by atoms with Gasteiger partial charge < -0.3 is 84.8 Å². The molecule has 412 valence electrons. The third kappa shape index (κ3) is 22.2. The van der Waals surface area contributed by atoms with Crippen LogP contribution in [0, 0.1) is 0 Å². The fourth-order valence-electron chi connectivity index (χ4n) is 9.42. The van der Waals surface area contributed by atoms with Gasteiger partial charge in [0.15, 0.2) is 18.9 Å². The molecule has 18 heteroatoms. The molecule has 3 aliphatic heterocycles. The Morgan fingerprint density at radius 3 is 1.49 bits per heavy atom. The number of rotatable bonds is 38. The molecule has 0 aliphatic carbocycles. The molecule has 3 fully saturated rings. The van der Waals surface area contributed by atoms with Crippen molar-refractivity contribution in [1.29, 1.82) is 0 Å². The summed E-state index contributed by atoms with van der Waals surface area (Å²) in [4.78, 5) is 13.4. The van der Waals surface area contributed by atoms with E-state index >= 15 is 0 Å². The van der Waals surface area contributed by atoms with Crippen LogP contribution in [-0.2, 0) is 33.2 Å². The van der Waals surface area contributed by atoms with E-state index in [0.29, 0.717) is 6.42 Å².